The van der Waals surface area contributed by atoms with E-state index in [0.29, 0.717) is 0 Å². The average Bonchev–Trinajstić information content (AvgIpc) is 3.07. The van der Waals surface area contributed by atoms with Crippen molar-refractivity contribution in [3.05, 3.63) is 162 Å². The second-order valence-corrected chi connectivity index (χ2v) is 11.6. The van der Waals surface area contributed by atoms with Gasteiger partial charge in [0.1, 0.15) is 0 Å². The van der Waals surface area contributed by atoms with Crippen molar-refractivity contribution in [3.8, 4) is 33.8 Å². The van der Waals surface area contributed by atoms with Gasteiger partial charge in [-0.15, -0.1) is 0 Å². The number of rotatable bonds is 3. The topological polar surface area (TPSA) is 38.7 Å². The van der Waals surface area contributed by atoms with Crippen LogP contribution in [-0.2, 0) is 0 Å². The summed E-state index contributed by atoms with van der Waals surface area (Å²) in [6.45, 7) is 6.31. The van der Waals surface area contributed by atoms with Gasteiger partial charge in [-0.25, -0.2) is 15.0 Å². The molecule has 0 radical (unpaired) electrons. The summed E-state index contributed by atoms with van der Waals surface area (Å²) < 4.78 is 0. The van der Waals surface area contributed by atoms with Crippen molar-refractivity contribution in [2.45, 2.75) is 20.8 Å². The maximum atomic E-state index is 5.18. The molecule has 0 atom stereocenters. The lowest BCUT2D eigenvalue weighted by molar-refractivity contribution is 1.38. The van der Waals surface area contributed by atoms with Gasteiger partial charge in [-0.3, -0.25) is 0 Å². The summed E-state index contributed by atoms with van der Waals surface area (Å²) in [5, 5.41) is 3.10. The van der Waals surface area contributed by atoms with Crippen molar-refractivity contribution in [3.63, 3.8) is 0 Å². The Bertz CT molecular complexity index is 1940. The summed E-state index contributed by atoms with van der Waals surface area (Å²) in [5.74, 6) is 0. The summed E-state index contributed by atoms with van der Waals surface area (Å²) in [7, 11) is 0. The van der Waals surface area contributed by atoms with Gasteiger partial charge in [0.15, 0.2) is 0 Å². The molecule has 216 valence electrons. The van der Waals surface area contributed by atoms with E-state index in [2.05, 4.69) is 166 Å². The Morgan fingerprint density at radius 3 is 0.711 bits per heavy atom. The van der Waals surface area contributed by atoms with Gasteiger partial charge in [-0.2, -0.15) is 0 Å². The molecule has 0 amide bonds. The molecular weight excluding hydrogens is 546 g/mol. The van der Waals surface area contributed by atoms with Crippen LogP contribution in [0, 0.1) is 20.8 Å². The highest BCUT2D eigenvalue weighted by molar-refractivity contribution is 5.86. The van der Waals surface area contributed by atoms with Crippen LogP contribution in [0.15, 0.2) is 146 Å². The van der Waals surface area contributed by atoms with Gasteiger partial charge in [0.05, 0.1) is 33.6 Å². The maximum absolute atomic E-state index is 5.18. The van der Waals surface area contributed by atoms with Crippen molar-refractivity contribution in [1.82, 2.24) is 15.0 Å². The smallest absolute Gasteiger partial charge is 0.0781 e. The minimum atomic E-state index is 0.881. The van der Waals surface area contributed by atoms with Crippen LogP contribution in [0.25, 0.3) is 66.5 Å². The molecule has 3 heteroatoms. The van der Waals surface area contributed by atoms with Crippen LogP contribution in [0.5, 0.6) is 0 Å². The van der Waals surface area contributed by atoms with E-state index in [1.807, 2.05) is 0 Å². The van der Waals surface area contributed by atoms with Crippen molar-refractivity contribution in [2.75, 3.05) is 0 Å². The van der Waals surface area contributed by atoms with Gasteiger partial charge in [-0.1, -0.05) is 126 Å². The Balaban J connectivity index is 1.57. The largest absolute Gasteiger partial charge is 0.248 e. The van der Waals surface area contributed by atoms with Crippen molar-refractivity contribution < 1.29 is 0 Å². The van der Waals surface area contributed by atoms with Crippen LogP contribution >= 0.6 is 0 Å². The fraction of sp³-hybridized carbons (Fsp3) is 0.0714. The Morgan fingerprint density at radius 1 is 0.267 bits per heavy atom. The SMILES string of the molecule is Cc1ccc(-c2nc3ccc(cc3)c(-c3ccc(C)cc3)nc3ccc(cc3)c(-c3ccc(C)cc3)nc3ccc2cc3)cc1. The summed E-state index contributed by atoms with van der Waals surface area (Å²) in [5.41, 5.74) is 12.2. The van der Waals surface area contributed by atoms with Gasteiger partial charge < -0.3 is 0 Å². The first-order valence-electron chi connectivity index (χ1n) is 15.3. The quantitative estimate of drug-likeness (QED) is 0.209. The molecule has 0 aliphatic carbocycles. The fourth-order valence-corrected chi connectivity index (χ4v) is 5.49. The van der Waals surface area contributed by atoms with Crippen molar-refractivity contribution in [2.24, 2.45) is 0 Å². The molecule has 6 bridgehead atoms. The summed E-state index contributed by atoms with van der Waals surface area (Å²) >= 11 is 0. The molecular formula is C42H33N3. The van der Waals surface area contributed by atoms with Gasteiger partial charge in [0, 0.05) is 32.8 Å². The normalized spacial score (nSPS) is 11.0. The van der Waals surface area contributed by atoms with E-state index in [0.717, 1.165) is 66.5 Å². The molecule has 0 spiro atoms. The lowest BCUT2D eigenvalue weighted by Crippen LogP contribution is -1.87. The second-order valence-electron chi connectivity index (χ2n) is 11.6. The third kappa shape index (κ3) is 6.20. The Hall–Kier alpha value is -5.67. The Labute approximate surface area is 263 Å². The van der Waals surface area contributed by atoms with Gasteiger partial charge in [0.25, 0.3) is 0 Å². The molecule has 0 aliphatic rings. The molecule has 4 heterocycles. The zero-order valence-electron chi connectivity index (χ0n) is 25.7. The number of hydrogen-bond acceptors (Lipinski definition) is 3. The van der Waals surface area contributed by atoms with Crippen LogP contribution in [-0.4, -0.2) is 15.0 Å². The van der Waals surface area contributed by atoms with Gasteiger partial charge in [0.2, 0.25) is 0 Å². The third-order valence-electron chi connectivity index (χ3n) is 8.12. The molecule has 45 heavy (non-hydrogen) atoms. The van der Waals surface area contributed by atoms with Crippen LogP contribution in [0.4, 0.5) is 0 Å². The van der Waals surface area contributed by atoms with Crippen molar-refractivity contribution >= 4 is 32.7 Å². The van der Waals surface area contributed by atoms with Crippen LogP contribution in [0.1, 0.15) is 16.7 Å². The summed E-state index contributed by atoms with van der Waals surface area (Å²) in [6.07, 6.45) is 0. The molecule has 4 aromatic heterocycles. The first-order chi connectivity index (χ1) is 22.0. The monoisotopic (exact) mass is 579 g/mol. The van der Waals surface area contributed by atoms with E-state index < -0.39 is 0 Å². The molecule has 10 aromatic rings. The highest BCUT2D eigenvalue weighted by Crippen LogP contribution is 2.28. The lowest BCUT2D eigenvalue weighted by Gasteiger charge is -2.06. The summed E-state index contributed by atoms with van der Waals surface area (Å²) in [4.78, 5) is 15.5. The standard InChI is InChI=1S/C42H33N3/c1-28-4-10-31(11-5-28)40-34-16-22-38(23-17-34)44-42(33-14-8-30(3)9-15-33)36-20-26-39(27-21-36)45-41(32-12-6-29(2)7-13-32)35-18-24-37(43-40)25-19-35/h4-27H,1-3H3. The Kier molecular flexibility index (Phi) is 7.59. The van der Waals surface area contributed by atoms with E-state index in [4.69, 9.17) is 15.0 Å². The number of nitrogens with zero attached hydrogens (tertiary/aromatic N) is 3. The van der Waals surface area contributed by atoms with Crippen LogP contribution in [0.3, 0.4) is 0 Å². The van der Waals surface area contributed by atoms with Crippen LogP contribution < -0.4 is 0 Å². The van der Waals surface area contributed by atoms with E-state index >= 15 is 0 Å². The minimum absolute atomic E-state index is 0.881. The third-order valence-corrected chi connectivity index (χ3v) is 8.12. The molecule has 0 fully saturated rings. The highest BCUT2D eigenvalue weighted by atomic mass is 14.7. The van der Waals surface area contributed by atoms with E-state index in [-0.39, 0.29) is 0 Å². The zero-order valence-corrected chi connectivity index (χ0v) is 25.7. The molecule has 0 saturated heterocycles. The molecule has 6 aromatic carbocycles. The molecule has 0 N–H and O–H groups in total. The first-order valence-corrected chi connectivity index (χ1v) is 15.3. The number of fused-ring (bicyclic) bond motifs is 3. The maximum Gasteiger partial charge on any atom is 0.0781 e. The van der Waals surface area contributed by atoms with Gasteiger partial charge >= 0.3 is 0 Å². The van der Waals surface area contributed by atoms with E-state index in [9.17, 15) is 0 Å². The number of hydrogen-bond donors (Lipinski definition) is 0. The number of aryl methyl sites for hydroxylation is 3. The molecule has 0 aliphatic heterocycles. The molecule has 10 rings (SSSR count). The lowest BCUT2D eigenvalue weighted by atomic mass is 10.0. The number of aromatic nitrogens is 3. The second kappa shape index (κ2) is 12.1. The van der Waals surface area contributed by atoms with Gasteiger partial charge in [-0.05, 0) is 57.2 Å². The predicted octanol–water partition coefficient (Wildman–Crippen LogP) is 10.9. The first kappa shape index (κ1) is 28.1. The Morgan fingerprint density at radius 2 is 0.489 bits per heavy atom. The van der Waals surface area contributed by atoms with Crippen LogP contribution in [0.2, 0.25) is 0 Å². The van der Waals surface area contributed by atoms with E-state index in [1.54, 1.807) is 0 Å². The molecule has 0 saturated carbocycles. The van der Waals surface area contributed by atoms with Crippen molar-refractivity contribution in [1.29, 1.82) is 0 Å². The molecule has 3 nitrogen and oxygen atoms in total. The minimum Gasteiger partial charge on any atom is -0.248 e. The highest BCUT2D eigenvalue weighted by Gasteiger charge is 2.06. The average molecular weight is 580 g/mol. The zero-order chi connectivity index (χ0) is 30.8. The predicted molar refractivity (Wildman–Crippen MR) is 189 cm³/mol. The molecule has 0 unspecified atom stereocenters. The van der Waals surface area contributed by atoms with E-state index in [1.165, 1.54) is 16.7 Å². The number of benzene rings is 6. The fourth-order valence-electron chi connectivity index (χ4n) is 5.49. The summed E-state index contributed by atoms with van der Waals surface area (Å²) in [6, 6.07) is 50.8.